The molecule has 1 amide bonds. The van der Waals surface area contributed by atoms with Crippen molar-refractivity contribution in [2.75, 3.05) is 21.3 Å². The highest BCUT2D eigenvalue weighted by Gasteiger charge is 2.43. The van der Waals surface area contributed by atoms with Gasteiger partial charge in [-0.3, -0.25) is 14.4 Å². The van der Waals surface area contributed by atoms with Gasteiger partial charge in [0.25, 0.3) is 0 Å². The normalized spacial score (nSPS) is 17.3. The Hall–Kier alpha value is -2.12. The van der Waals surface area contributed by atoms with Crippen LogP contribution in [0.4, 0.5) is 0 Å². The van der Waals surface area contributed by atoms with Crippen LogP contribution >= 0.6 is 0 Å². The van der Waals surface area contributed by atoms with Gasteiger partial charge in [-0.25, -0.2) is 4.79 Å². The Kier molecular flexibility index (Phi) is 8.37. The fourth-order valence-corrected chi connectivity index (χ4v) is 3.14. The first-order valence-electron chi connectivity index (χ1n) is 8.41. The van der Waals surface area contributed by atoms with E-state index < -0.39 is 35.8 Å². The van der Waals surface area contributed by atoms with Gasteiger partial charge in [0.15, 0.2) is 5.92 Å². The monoisotopic (exact) mass is 357 g/mol. The molecule has 0 spiro atoms. The summed E-state index contributed by atoms with van der Waals surface area (Å²) in [5.41, 5.74) is 0. The molecular weight excluding hydrogens is 330 g/mol. The smallest absolute Gasteiger partial charge is 0.328 e. The molecule has 1 saturated carbocycles. The summed E-state index contributed by atoms with van der Waals surface area (Å²) in [6.07, 6.45) is 4.53. The standard InChI is InChI=1S/C17H27NO7/c1-10(12(15(20)23-2)16(21)24-3)13(17(22)25-4)18-14(19)11-8-6-5-7-9-11/h10-13H,5-9H2,1-4H3,(H,18,19)/t10-,13-/m0/s1. The van der Waals surface area contributed by atoms with E-state index in [0.29, 0.717) is 0 Å². The van der Waals surface area contributed by atoms with Crippen LogP contribution in [0.5, 0.6) is 0 Å². The average molecular weight is 357 g/mol. The summed E-state index contributed by atoms with van der Waals surface area (Å²) in [7, 11) is 3.46. The van der Waals surface area contributed by atoms with Crippen LogP contribution < -0.4 is 5.32 Å². The first-order valence-corrected chi connectivity index (χ1v) is 8.41. The van der Waals surface area contributed by atoms with Crippen LogP contribution in [0, 0.1) is 17.8 Å². The Bertz CT molecular complexity index is 483. The van der Waals surface area contributed by atoms with Crippen LogP contribution in [0.25, 0.3) is 0 Å². The zero-order valence-electron chi connectivity index (χ0n) is 15.2. The molecule has 0 saturated heterocycles. The summed E-state index contributed by atoms with van der Waals surface area (Å²) in [4.78, 5) is 48.6. The van der Waals surface area contributed by atoms with Gasteiger partial charge in [0.05, 0.1) is 21.3 Å². The number of amides is 1. The van der Waals surface area contributed by atoms with E-state index >= 15 is 0 Å². The van der Waals surface area contributed by atoms with Gasteiger partial charge in [-0.05, 0) is 12.8 Å². The van der Waals surface area contributed by atoms with E-state index in [9.17, 15) is 19.2 Å². The highest BCUT2D eigenvalue weighted by atomic mass is 16.5. The summed E-state index contributed by atoms with van der Waals surface area (Å²) in [5.74, 6) is -5.07. The van der Waals surface area contributed by atoms with Crippen molar-refractivity contribution >= 4 is 23.8 Å². The van der Waals surface area contributed by atoms with Gasteiger partial charge >= 0.3 is 17.9 Å². The number of nitrogens with one attached hydrogen (secondary N) is 1. The molecule has 0 aliphatic heterocycles. The van der Waals surface area contributed by atoms with Crippen LogP contribution in [-0.4, -0.2) is 51.2 Å². The molecule has 0 aromatic heterocycles. The molecule has 1 fully saturated rings. The molecule has 1 aliphatic rings. The van der Waals surface area contributed by atoms with Gasteiger partial charge in [0.1, 0.15) is 6.04 Å². The van der Waals surface area contributed by atoms with Crippen molar-refractivity contribution in [2.24, 2.45) is 17.8 Å². The largest absolute Gasteiger partial charge is 0.468 e. The minimum absolute atomic E-state index is 0.178. The number of carbonyl (C=O) groups is 4. The topological polar surface area (TPSA) is 108 Å². The van der Waals surface area contributed by atoms with Gasteiger partial charge in [0.2, 0.25) is 5.91 Å². The zero-order chi connectivity index (χ0) is 19.0. The third-order valence-electron chi connectivity index (χ3n) is 4.69. The lowest BCUT2D eigenvalue weighted by molar-refractivity contribution is -0.163. The predicted octanol–water partition coefficient (Wildman–Crippen LogP) is 0.823. The Morgan fingerprint density at radius 3 is 1.76 bits per heavy atom. The summed E-state index contributed by atoms with van der Waals surface area (Å²) in [6, 6.07) is -1.15. The Balaban J connectivity index is 2.98. The zero-order valence-corrected chi connectivity index (χ0v) is 15.2. The molecule has 8 nitrogen and oxygen atoms in total. The van der Waals surface area contributed by atoms with E-state index in [1.807, 2.05) is 0 Å². The van der Waals surface area contributed by atoms with Gasteiger partial charge in [0, 0.05) is 11.8 Å². The number of hydrogen-bond acceptors (Lipinski definition) is 7. The average Bonchev–Trinajstić information content (AvgIpc) is 2.65. The van der Waals surface area contributed by atoms with Crippen LogP contribution in [0.15, 0.2) is 0 Å². The second kappa shape index (κ2) is 10.0. The second-order valence-electron chi connectivity index (χ2n) is 6.23. The van der Waals surface area contributed by atoms with Crippen molar-refractivity contribution in [1.29, 1.82) is 0 Å². The predicted molar refractivity (Wildman–Crippen MR) is 87.2 cm³/mol. The van der Waals surface area contributed by atoms with E-state index in [1.54, 1.807) is 0 Å². The molecule has 142 valence electrons. The fraction of sp³-hybridized carbons (Fsp3) is 0.765. The van der Waals surface area contributed by atoms with Gasteiger partial charge < -0.3 is 19.5 Å². The summed E-state index contributed by atoms with van der Waals surface area (Å²) < 4.78 is 14.0. The number of esters is 3. The van der Waals surface area contributed by atoms with E-state index in [4.69, 9.17) is 4.74 Å². The molecule has 2 atom stereocenters. The maximum Gasteiger partial charge on any atom is 0.328 e. The van der Waals surface area contributed by atoms with Crippen LogP contribution in [0.2, 0.25) is 0 Å². The summed E-state index contributed by atoms with van der Waals surface area (Å²) >= 11 is 0. The van der Waals surface area contributed by atoms with Crippen LogP contribution in [-0.2, 0) is 33.4 Å². The summed E-state index contributed by atoms with van der Waals surface area (Å²) in [6.45, 7) is 1.50. The fourth-order valence-electron chi connectivity index (χ4n) is 3.14. The van der Waals surface area contributed by atoms with Crippen LogP contribution in [0.3, 0.4) is 0 Å². The molecular formula is C17H27NO7. The number of carbonyl (C=O) groups excluding carboxylic acids is 4. The lowest BCUT2D eigenvalue weighted by Gasteiger charge is -2.29. The maximum atomic E-state index is 12.5. The SMILES string of the molecule is COC(=O)C(C(=O)OC)[C@H](C)[C@H](NC(=O)C1CCCCC1)C(=O)OC. The van der Waals surface area contributed by atoms with E-state index in [0.717, 1.165) is 46.3 Å². The molecule has 1 aliphatic carbocycles. The maximum absolute atomic E-state index is 12.5. The van der Waals surface area contributed by atoms with Gasteiger partial charge in [-0.1, -0.05) is 26.2 Å². The molecule has 0 bridgehead atoms. The molecule has 1 N–H and O–H groups in total. The number of hydrogen-bond donors (Lipinski definition) is 1. The summed E-state index contributed by atoms with van der Waals surface area (Å²) in [5, 5.41) is 2.65. The number of rotatable bonds is 7. The molecule has 1 rings (SSSR count). The van der Waals surface area contributed by atoms with E-state index in [-0.39, 0.29) is 11.8 Å². The van der Waals surface area contributed by atoms with Crippen molar-refractivity contribution in [3.8, 4) is 0 Å². The lowest BCUT2D eigenvalue weighted by Crippen LogP contribution is -2.52. The number of methoxy groups -OCH3 is 3. The number of ether oxygens (including phenoxy) is 3. The highest BCUT2D eigenvalue weighted by molar-refractivity contribution is 5.96. The quantitative estimate of drug-likeness (QED) is 0.408. The molecule has 8 heteroatoms. The Morgan fingerprint density at radius 1 is 0.840 bits per heavy atom. The minimum Gasteiger partial charge on any atom is -0.468 e. The first kappa shape index (κ1) is 20.9. The van der Waals surface area contributed by atoms with Crippen molar-refractivity contribution in [2.45, 2.75) is 45.1 Å². The van der Waals surface area contributed by atoms with Gasteiger partial charge in [-0.2, -0.15) is 0 Å². The Morgan fingerprint density at radius 2 is 1.32 bits per heavy atom. The van der Waals surface area contributed by atoms with Crippen molar-refractivity contribution in [3.05, 3.63) is 0 Å². The van der Waals surface area contributed by atoms with Crippen LogP contribution in [0.1, 0.15) is 39.0 Å². The Labute approximate surface area is 147 Å². The van der Waals surface area contributed by atoms with E-state index in [1.165, 1.54) is 14.0 Å². The third-order valence-corrected chi connectivity index (χ3v) is 4.69. The third kappa shape index (κ3) is 5.44. The van der Waals surface area contributed by atoms with Crippen molar-refractivity contribution < 1.29 is 33.4 Å². The molecule has 0 heterocycles. The van der Waals surface area contributed by atoms with Crippen molar-refractivity contribution in [3.63, 3.8) is 0 Å². The highest BCUT2D eigenvalue weighted by Crippen LogP contribution is 2.25. The molecule has 0 aromatic rings. The first-order chi connectivity index (χ1) is 11.9. The van der Waals surface area contributed by atoms with Crippen molar-refractivity contribution in [1.82, 2.24) is 5.32 Å². The van der Waals surface area contributed by atoms with Gasteiger partial charge in [-0.15, -0.1) is 0 Å². The van der Waals surface area contributed by atoms with E-state index in [2.05, 4.69) is 14.8 Å². The minimum atomic E-state index is -1.34. The molecule has 0 unspecified atom stereocenters. The lowest BCUT2D eigenvalue weighted by atomic mass is 9.85. The molecule has 0 radical (unpaired) electrons. The second-order valence-corrected chi connectivity index (χ2v) is 6.23. The molecule has 0 aromatic carbocycles. The molecule has 25 heavy (non-hydrogen) atoms.